The second-order valence-corrected chi connectivity index (χ2v) is 8.21. The fourth-order valence-electron chi connectivity index (χ4n) is 3.00. The van der Waals surface area contributed by atoms with Gasteiger partial charge in [-0.25, -0.2) is 8.78 Å². The molecule has 0 aliphatic carbocycles. The Morgan fingerprint density at radius 1 is 1.07 bits per heavy atom. The second-order valence-electron chi connectivity index (χ2n) is 8.21. The van der Waals surface area contributed by atoms with Gasteiger partial charge in [0.15, 0.2) is 11.6 Å². The van der Waals surface area contributed by atoms with Crippen LogP contribution in [0.2, 0.25) is 0 Å². The van der Waals surface area contributed by atoms with E-state index >= 15 is 0 Å². The number of amides is 3. The van der Waals surface area contributed by atoms with Crippen LogP contribution in [0.4, 0.5) is 14.5 Å². The van der Waals surface area contributed by atoms with E-state index in [1.165, 1.54) is 0 Å². The lowest BCUT2D eigenvalue weighted by molar-refractivity contribution is -0.133. The van der Waals surface area contributed by atoms with Crippen molar-refractivity contribution in [2.75, 3.05) is 5.32 Å². The maximum atomic E-state index is 14.3. The number of imide groups is 1. The highest BCUT2D eigenvalue weighted by Gasteiger charge is 2.27. The lowest BCUT2D eigenvalue weighted by Gasteiger charge is -2.21. The van der Waals surface area contributed by atoms with Crippen LogP contribution in [-0.4, -0.2) is 17.7 Å². The van der Waals surface area contributed by atoms with Crippen LogP contribution in [0.15, 0.2) is 36.4 Å². The summed E-state index contributed by atoms with van der Waals surface area (Å²) in [6.45, 7) is 5.00. The summed E-state index contributed by atoms with van der Waals surface area (Å²) in [6.07, 6.45) is 0.397. The summed E-state index contributed by atoms with van der Waals surface area (Å²) in [4.78, 5) is 35.4. The number of anilines is 1. The molecule has 2 N–H and O–H groups in total. The maximum absolute atomic E-state index is 14.3. The summed E-state index contributed by atoms with van der Waals surface area (Å²) in [5.74, 6) is -3.05. The SMILES string of the molecule is CC(C)(C)C(=O)Nc1c(F)cc(F)cc1Oc1ccc(C2CC(=O)NC(=O)C2)cc1. The Kier molecular flexibility index (Phi) is 5.87. The van der Waals surface area contributed by atoms with Crippen molar-refractivity contribution < 1.29 is 27.9 Å². The maximum Gasteiger partial charge on any atom is 0.229 e. The van der Waals surface area contributed by atoms with E-state index in [0.29, 0.717) is 6.07 Å². The molecule has 1 saturated heterocycles. The molecule has 3 amide bonds. The molecule has 0 aromatic heterocycles. The first-order valence-corrected chi connectivity index (χ1v) is 9.44. The third-order valence-electron chi connectivity index (χ3n) is 4.66. The standard InChI is InChI=1S/C22H22F2N2O4/c1-22(2,3)21(29)26-20-16(24)10-14(23)11-17(20)30-15-6-4-12(5-7-15)13-8-18(27)25-19(28)9-13/h4-7,10-11,13H,8-9H2,1-3H3,(H,26,29)(H,25,27,28). The Balaban J connectivity index is 1.83. The molecule has 0 radical (unpaired) electrons. The minimum Gasteiger partial charge on any atom is -0.455 e. The lowest BCUT2D eigenvalue weighted by atomic mass is 9.89. The van der Waals surface area contributed by atoms with Crippen LogP contribution in [0.25, 0.3) is 0 Å². The van der Waals surface area contributed by atoms with E-state index in [2.05, 4.69) is 10.6 Å². The van der Waals surface area contributed by atoms with Crippen molar-refractivity contribution in [3.05, 3.63) is 53.6 Å². The van der Waals surface area contributed by atoms with E-state index in [0.717, 1.165) is 11.6 Å². The van der Waals surface area contributed by atoms with Gasteiger partial charge >= 0.3 is 0 Å². The van der Waals surface area contributed by atoms with Crippen LogP contribution in [0, 0.1) is 17.0 Å². The van der Waals surface area contributed by atoms with Crippen molar-refractivity contribution >= 4 is 23.4 Å². The van der Waals surface area contributed by atoms with Gasteiger partial charge in [0.1, 0.15) is 17.3 Å². The van der Waals surface area contributed by atoms with Crippen LogP contribution < -0.4 is 15.4 Å². The third-order valence-corrected chi connectivity index (χ3v) is 4.66. The molecular weight excluding hydrogens is 394 g/mol. The Labute approximate surface area is 172 Å². The van der Waals surface area contributed by atoms with Gasteiger partial charge < -0.3 is 10.1 Å². The van der Waals surface area contributed by atoms with Gasteiger partial charge in [0.2, 0.25) is 17.7 Å². The van der Waals surface area contributed by atoms with Gasteiger partial charge in [0.05, 0.1) is 0 Å². The van der Waals surface area contributed by atoms with E-state index < -0.39 is 23.0 Å². The molecule has 1 aliphatic rings. The number of hydrogen-bond donors (Lipinski definition) is 2. The highest BCUT2D eigenvalue weighted by Crippen LogP contribution is 2.35. The van der Waals surface area contributed by atoms with Crippen LogP contribution in [0.3, 0.4) is 0 Å². The number of piperidine rings is 1. The van der Waals surface area contributed by atoms with Gasteiger partial charge in [-0.1, -0.05) is 32.9 Å². The summed E-state index contributed by atoms with van der Waals surface area (Å²) >= 11 is 0. The molecule has 1 heterocycles. The van der Waals surface area contributed by atoms with Crippen molar-refractivity contribution in [1.82, 2.24) is 5.32 Å². The number of halogens is 2. The molecule has 2 aromatic rings. The molecule has 30 heavy (non-hydrogen) atoms. The first-order valence-electron chi connectivity index (χ1n) is 9.44. The predicted octanol–water partition coefficient (Wildman–Crippen LogP) is 4.26. The molecule has 6 nitrogen and oxygen atoms in total. The zero-order valence-electron chi connectivity index (χ0n) is 16.8. The molecule has 3 rings (SSSR count). The zero-order chi connectivity index (χ0) is 22.1. The van der Waals surface area contributed by atoms with Crippen molar-refractivity contribution in [2.45, 2.75) is 39.5 Å². The van der Waals surface area contributed by atoms with Crippen molar-refractivity contribution in [3.63, 3.8) is 0 Å². The number of nitrogens with one attached hydrogen (secondary N) is 2. The quantitative estimate of drug-likeness (QED) is 0.730. The van der Waals surface area contributed by atoms with E-state index in [-0.39, 0.29) is 47.8 Å². The van der Waals surface area contributed by atoms with Gasteiger partial charge in [0, 0.05) is 36.3 Å². The number of ether oxygens (including phenoxy) is 1. The molecule has 8 heteroatoms. The predicted molar refractivity (Wildman–Crippen MR) is 106 cm³/mol. The van der Waals surface area contributed by atoms with Crippen molar-refractivity contribution in [2.24, 2.45) is 5.41 Å². The molecule has 0 unspecified atom stereocenters. The smallest absolute Gasteiger partial charge is 0.229 e. The average Bonchev–Trinajstić information content (AvgIpc) is 2.63. The van der Waals surface area contributed by atoms with Gasteiger partial charge in [-0.15, -0.1) is 0 Å². The Bertz CT molecular complexity index is 981. The molecule has 158 valence electrons. The summed E-state index contributed by atoms with van der Waals surface area (Å²) in [5, 5.41) is 4.71. The van der Waals surface area contributed by atoms with Crippen molar-refractivity contribution in [1.29, 1.82) is 0 Å². The van der Waals surface area contributed by atoms with Gasteiger partial charge in [-0.05, 0) is 17.7 Å². The van der Waals surface area contributed by atoms with Gasteiger partial charge in [-0.2, -0.15) is 0 Å². The topological polar surface area (TPSA) is 84.5 Å². The highest BCUT2D eigenvalue weighted by atomic mass is 19.1. The average molecular weight is 416 g/mol. The number of carbonyl (C=O) groups is 3. The van der Waals surface area contributed by atoms with E-state index in [1.807, 2.05) is 0 Å². The number of rotatable bonds is 4. The Morgan fingerprint density at radius 3 is 2.23 bits per heavy atom. The first-order chi connectivity index (χ1) is 14.0. The van der Waals surface area contributed by atoms with E-state index in [4.69, 9.17) is 4.74 Å². The minimum absolute atomic E-state index is 0.176. The zero-order valence-corrected chi connectivity index (χ0v) is 16.8. The molecule has 0 saturated carbocycles. The number of benzene rings is 2. The van der Waals surface area contributed by atoms with Gasteiger partial charge in [0.25, 0.3) is 0 Å². The molecule has 1 fully saturated rings. The summed E-state index contributed by atoms with van der Waals surface area (Å²) in [6, 6.07) is 8.18. The molecule has 0 spiro atoms. The minimum atomic E-state index is -0.953. The second kappa shape index (κ2) is 8.22. The summed E-state index contributed by atoms with van der Waals surface area (Å²) in [5.41, 5.74) is -0.268. The highest BCUT2D eigenvalue weighted by molar-refractivity contribution is 5.98. The van der Waals surface area contributed by atoms with Gasteiger partial charge in [-0.3, -0.25) is 19.7 Å². The van der Waals surface area contributed by atoms with Crippen LogP contribution in [-0.2, 0) is 14.4 Å². The number of carbonyl (C=O) groups excluding carboxylic acids is 3. The largest absolute Gasteiger partial charge is 0.455 e. The third kappa shape index (κ3) is 5.00. The fourth-order valence-corrected chi connectivity index (χ4v) is 3.00. The Hall–Kier alpha value is -3.29. The lowest BCUT2D eigenvalue weighted by Crippen LogP contribution is -2.37. The fraction of sp³-hybridized carbons (Fsp3) is 0.318. The van der Waals surface area contributed by atoms with Crippen molar-refractivity contribution in [3.8, 4) is 11.5 Å². The molecular formula is C22H22F2N2O4. The number of hydrogen-bond acceptors (Lipinski definition) is 4. The molecule has 0 atom stereocenters. The molecule has 0 bridgehead atoms. The van der Waals surface area contributed by atoms with Crippen LogP contribution in [0.1, 0.15) is 45.1 Å². The monoisotopic (exact) mass is 416 g/mol. The van der Waals surface area contributed by atoms with Crippen LogP contribution >= 0.6 is 0 Å². The molecule has 2 aromatic carbocycles. The normalized spacial score (nSPS) is 15.0. The van der Waals surface area contributed by atoms with E-state index in [1.54, 1.807) is 45.0 Å². The molecule has 1 aliphatic heterocycles. The van der Waals surface area contributed by atoms with E-state index in [9.17, 15) is 23.2 Å². The Morgan fingerprint density at radius 2 is 1.67 bits per heavy atom. The summed E-state index contributed by atoms with van der Waals surface area (Å²) < 4.78 is 33.7. The summed E-state index contributed by atoms with van der Waals surface area (Å²) in [7, 11) is 0. The first kappa shape index (κ1) is 21.4. The van der Waals surface area contributed by atoms with Crippen LogP contribution in [0.5, 0.6) is 11.5 Å².